The van der Waals surface area contributed by atoms with Crippen molar-refractivity contribution in [1.82, 2.24) is 0 Å². The van der Waals surface area contributed by atoms with Crippen LogP contribution in [0.3, 0.4) is 0 Å². The Bertz CT molecular complexity index is 217. The average molecular weight is 236 g/mol. The van der Waals surface area contributed by atoms with Crippen molar-refractivity contribution in [2.75, 3.05) is 0 Å². The van der Waals surface area contributed by atoms with Crippen LogP contribution in [0.4, 0.5) is 0 Å². The molecule has 0 radical (unpaired) electrons. The summed E-state index contributed by atoms with van der Waals surface area (Å²) in [4.78, 5) is 9.56. The minimum Gasteiger partial charge on any atom is -1.00 e. The molecular formula is C2H6K2O6S. The maximum Gasteiger partial charge on any atom is 1.00 e. The van der Waals surface area contributed by atoms with E-state index in [4.69, 9.17) is 14.8 Å². The molecule has 0 saturated carbocycles. The molecule has 0 aromatic heterocycles. The second kappa shape index (κ2) is 7.97. The molecule has 0 aromatic carbocycles. The van der Waals surface area contributed by atoms with E-state index in [9.17, 15) is 13.2 Å². The van der Waals surface area contributed by atoms with Crippen LogP contribution in [0.1, 0.15) is 2.85 Å². The molecule has 0 heterocycles. The fourth-order valence-corrected chi connectivity index (χ4v) is 0.382. The van der Waals surface area contributed by atoms with E-state index in [0.29, 0.717) is 0 Å². The van der Waals surface area contributed by atoms with Gasteiger partial charge in [-0.05, 0) is 0 Å². The van der Waals surface area contributed by atoms with Gasteiger partial charge in [-0.1, -0.05) is 0 Å². The molecule has 0 bridgehead atoms. The Kier molecular flexibility index (Phi) is 13.9. The van der Waals surface area contributed by atoms with E-state index in [2.05, 4.69) is 0 Å². The van der Waals surface area contributed by atoms with E-state index in [1.54, 1.807) is 0 Å². The molecule has 0 aromatic rings. The van der Waals surface area contributed by atoms with Crippen molar-refractivity contribution in [2.45, 2.75) is 5.44 Å². The molecule has 0 rings (SSSR count). The van der Waals surface area contributed by atoms with E-state index < -0.39 is 21.5 Å². The van der Waals surface area contributed by atoms with Crippen LogP contribution in [0.2, 0.25) is 0 Å². The van der Waals surface area contributed by atoms with E-state index in [1.807, 2.05) is 0 Å². The number of aliphatic hydroxyl groups excluding tert-OH is 1. The number of carbonyl (C=O) groups is 1. The van der Waals surface area contributed by atoms with Gasteiger partial charge in [-0.25, -0.2) is 4.79 Å². The normalized spacial score (nSPS) is 12.2. The number of carboxylic acids is 1. The van der Waals surface area contributed by atoms with E-state index in [1.165, 1.54) is 0 Å². The zero-order chi connectivity index (χ0) is 7.65. The molecule has 1 atom stereocenters. The number of hydrogen-bond acceptors (Lipinski definition) is 4. The first-order chi connectivity index (χ1) is 3.85. The largest absolute Gasteiger partial charge is 1.00 e. The smallest absolute Gasteiger partial charge is 1.00 e. The Morgan fingerprint density at radius 2 is 1.64 bits per heavy atom. The van der Waals surface area contributed by atoms with E-state index >= 15 is 0 Å². The molecule has 9 heteroatoms. The first-order valence-electron chi connectivity index (χ1n) is 1.73. The Balaban J connectivity index is -0.0000000533. The van der Waals surface area contributed by atoms with Crippen LogP contribution in [0.25, 0.3) is 0 Å². The molecule has 6 nitrogen and oxygen atoms in total. The molecule has 0 aliphatic heterocycles. The van der Waals surface area contributed by atoms with Gasteiger partial charge in [0, 0.05) is 0 Å². The number of hydrogen-bond donors (Lipinski definition) is 3. The average Bonchev–Trinajstić information content (AvgIpc) is 1.62. The molecular weight excluding hydrogens is 230 g/mol. The molecule has 0 saturated heterocycles. The summed E-state index contributed by atoms with van der Waals surface area (Å²) in [6.45, 7) is 0. The third-order valence-corrected chi connectivity index (χ3v) is 1.26. The SMILES string of the molecule is O=C(O)C(O)S(=O)(=O)O.[H-].[H-].[K+].[K+]. The van der Waals surface area contributed by atoms with E-state index in [0.717, 1.165) is 0 Å². The first-order valence-corrected chi connectivity index (χ1v) is 3.23. The monoisotopic (exact) mass is 236 g/mol. The predicted molar refractivity (Wildman–Crippen MR) is 27.4 cm³/mol. The van der Waals surface area contributed by atoms with Crippen LogP contribution in [0.5, 0.6) is 0 Å². The topological polar surface area (TPSA) is 112 Å². The quantitative estimate of drug-likeness (QED) is 0.324. The summed E-state index contributed by atoms with van der Waals surface area (Å²) >= 11 is 0. The summed E-state index contributed by atoms with van der Waals surface area (Å²) in [6.07, 6.45) is 0. The minimum absolute atomic E-state index is 0. The molecule has 3 N–H and O–H groups in total. The van der Waals surface area contributed by atoms with Crippen molar-refractivity contribution in [3.8, 4) is 0 Å². The van der Waals surface area contributed by atoms with Crippen LogP contribution in [0, 0.1) is 0 Å². The van der Waals surface area contributed by atoms with Gasteiger partial charge in [-0.15, -0.1) is 0 Å². The Labute approximate surface area is 151 Å². The zero-order valence-corrected chi connectivity index (χ0v) is 13.1. The van der Waals surface area contributed by atoms with Gasteiger partial charge in [-0.2, -0.15) is 8.42 Å². The Morgan fingerprint density at radius 1 is 1.36 bits per heavy atom. The molecule has 1 unspecified atom stereocenters. The van der Waals surface area contributed by atoms with Gasteiger partial charge in [0.25, 0.3) is 5.44 Å². The first kappa shape index (κ1) is 19.2. The molecule has 58 valence electrons. The van der Waals surface area contributed by atoms with Crippen molar-refractivity contribution in [3.63, 3.8) is 0 Å². The number of aliphatic carboxylic acids is 1. The Hall–Kier alpha value is 2.61. The number of aliphatic hydroxyl groups is 1. The Morgan fingerprint density at radius 3 is 1.64 bits per heavy atom. The van der Waals surface area contributed by atoms with Crippen LogP contribution in [-0.4, -0.2) is 34.6 Å². The molecule has 0 spiro atoms. The van der Waals surface area contributed by atoms with Crippen molar-refractivity contribution >= 4 is 16.1 Å². The van der Waals surface area contributed by atoms with Gasteiger partial charge >= 0.3 is 119 Å². The van der Waals surface area contributed by atoms with Crippen molar-refractivity contribution in [3.05, 3.63) is 0 Å². The standard InChI is InChI=1S/C2H4O6S.2K.2H/c3-1(4)2(5)9(6,7)8;;;;/h2,5H,(H,3,4)(H,6,7,8);;;;/q;2*+1;2*-1. The van der Waals surface area contributed by atoms with Crippen molar-refractivity contribution < 1.29 is 134 Å². The minimum atomic E-state index is -4.85. The predicted octanol–water partition coefficient (Wildman–Crippen LogP) is -7.49. The number of carboxylic acid groups (broad SMARTS) is 1. The van der Waals surface area contributed by atoms with Gasteiger partial charge in [0.2, 0.25) is 0 Å². The van der Waals surface area contributed by atoms with Crippen molar-refractivity contribution in [2.24, 2.45) is 0 Å². The van der Waals surface area contributed by atoms with Gasteiger partial charge in [0.1, 0.15) is 0 Å². The number of rotatable bonds is 2. The maximum absolute atomic E-state index is 9.70. The summed E-state index contributed by atoms with van der Waals surface area (Å²) in [7, 11) is -4.85. The summed E-state index contributed by atoms with van der Waals surface area (Å²) in [5.41, 5.74) is -2.74. The summed E-state index contributed by atoms with van der Waals surface area (Å²) < 4.78 is 27.2. The van der Waals surface area contributed by atoms with Crippen LogP contribution >= 0.6 is 0 Å². The second-order valence-electron chi connectivity index (χ2n) is 1.21. The second-order valence-corrected chi connectivity index (χ2v) is 2.68. The molecule has 0 fully saturated rings. The van der Waals surface area contributed by atoms with Crippen molar-refractivity contribution in [1.29, 1.82) is 0 Å². The van der Waals surface area contributed by atoms with Gasteiger partial charge in [-0.3, -0.25) is 4.55 Å². The molecule has 0 aliphatic carbocycles. The third-order valence-electron chi connectivity index (χ3n) is 0.493. The zero-order valence-electron chi connectivity index (χ0n) is 8.05. The molecule has 0 aliphatic rings. The fraction of sp³-hybridized carbons (Fsp3) is 0.500. The molecule has 11 heavy (non-hydrogen) atoms. The summed E-state index contributed by atoms with van der Waals surface area (Å²) in [5.74, 6) is -2.00. The fourth-order valence-electron chi connectivity index (χ4n) is 0.127. The summed E-state index contributed by atoms with van der Waals surface area (Å²) in [6, 6.07) is 0. The van der Waals surface area contributed by atoms with Crippen LogP contribution < -0.4 is 103 Å². The van der Waals surface area contributed by atoms with Gasteiger partial charge < -0.3 is 13.1 Å². The van der Waals surface area contributed by atoms with Gasteiger partial charge in [0.15, 0.2) is 0 Å². The summed E-state index contributed by atoms with van der Waals surface area (Å²) in [5, 5.41) is 15.8. The van der Waals surface area contributed by atoms with E-state index in [-0.39, 0.29) is 106 Å². The third kappa shape index (κ3) is 8.93. The molecule has 0 amide bonds. The maximum atomic E-state index is 9.70. The van der Waals surface area contributed by atoms with Crippen LogP contribution in [-0.2, 0) is 14.9 Å². The van der Waals surface area contributed by atoms with Gasteiger partial charge in [0.05, 0.1) is 0 Å². The van der Waals surface area contributed by atoms with Crippen LogP contribution in [0.15, 0.2) is 0 Å².